The zero-order valence-corrected chi connectivity index (χ0v) is 19.9. The summed E-state index contributed by atoms with van der Waals surface area (Å²) in [5.41, 5.74) is 2.61. The SMILES string of the molecule is Cc1cccc(N2CC(C(=O)NCCN3CCN(C(=O)OC(C)(C)C)CC3)CC2=O)c1C. The van der Waals surface area contributed by atoms with E-state index in [2.05, 4.69) is 10.2 Å². The number of nitrogens with zero attached hydrogens (tertiary/aromatic N) is 3. The standard InChI is InChI=1S/C24H36N4O4/c1-17-7-6-8-20(18(17)2)28-16-19(15-21(28)29)22(30)25-9-10-26-11-13-27(14-12-26)23(31)32-24(3,4)5/h6-8,19H,9-16H2,1-5H3,(H,25,30). The number of hydrogen-bond acceptors (Lipinski definition) is 5. The van der Waals surface area contributed by atoms with Crippen LogP contribution in [0.5, 0.6) is 0 Å². The van der Waals surface area contributed by atoms with Gasteiger partial charge in [-0.1, -0.05) is 12.1 Å². The maximum atomic E-state index is 12.7. The van der Waals surface area contributed by atoms with Crippen LogP contribution in [0.4, 0.5) is 10.5 Å². The summed E-state index contributed by atoms with van der Waals surface area (Å²) in [6.07, 6.45) is -0.0295. The molecule has 1 N–H and O–H groups in total. The van der Waals surface area contributed by atoms with Gasteiger partial charge in [-0.05, 0) is 51.8 Å². The molecule has 2 aliphatic heterocycles. The van der Waals surface area contributed by atoms with E-state index in [4.69, 9.17) is 4.74 Å². The Hall–Kier alpha value is -2.61. The summed E-state index contributed by atoms with van der Waals surface area (Å²) < 4.78 is 5.43. The number of ether oxygens (including phenoxy) is 1. The van der Waals surface area contributed by atoms with Gasteiger partial charge in [-0.2, -0.15) is 0 Å². The van der Waals surface area contributed by atoms with E-state index in [1.165, 1.54) is 0 Å². The number of anilines is 1. The molecule has 8 heteroatoms. The van der Waals surface area contributed by atoms with Crippen molar-refractivity contribution in [3.63, 3.8) is 0 Å². The van der Waals surface area contributed by atoms with Crippen LogP contribution in [0.2, 0.25) is 0 Å². The molecule has 2 saturated heterocycles. The average Bonchev–Trinajstić information content (AvgIpc) is 3.11. The Kier molecular flexibility index (Phi) is 7.44. The molecular formula is C24H36N4O4. The first-order valence-electron chi connectivity index (χ1n) is 11.4. The lowest BCUT2D eigenvalue weighted by Crippen LogP contribution is -2.51. The molecule has 1 aromatic rings. The third-order valence-electron chi connectivity index (χ3n) is 6.11. The van der Waals surface area contributed by atoms with Gasteiger partial charge < -0.3 is 19.9 Å². The van der Waals surface area contributed by atoms with E-state index in [1.54, 1.807) is 9.80 Å². The highest BCUT2D eigenvalue weighted by molar-refractivity contribution is 6.00. The van der Waals surface area contributed by atoms with Crippen LogP contribution in [0, 0.1) is 19.8 Å². The smallest absolute Gasteiger partial charge is 0.410 e. The van der Waals surface area contributed by atoms with Crippen molar-refractivity contribution in [1.82, 2.24) is 15.1 Å². The first kappa shape index (κ1) is 24.0. The predicted molar refractivity (Wildman–Crippen MR) is 124 cm³/mol. The lowest BCUT2D eigenvalue weighted by molar-refractivity contribution is -0.126. The van der Waals surface area contributed by atoms with E-state index in [9.17, 15) is 14.4 Å². The van der Waals surface area contributed by atoms with Gasteiger partial charge in [0.05, 0.1) is 5.92 Å². The van der Waals surface area contributed by atoms with E-state index in [1.807, 2.05) is 52.8 Å². The average molecular weight is 445 g/mol. The van der Waals surface area contributed by atoms with Gasteiger partial charge in [0.25, 0.3) is 0 Å². The summed E-state index contributed by atoms with van der Waals surface area (Å²) in [6.45, 7) is 14.0. The van der Waals surface area contributed by atoms with Gasteiger partial charge in [-0.15, -0.1) is 0 Å². The number of amides is 3. The molecule has 176 valence electrons. The number of rotatable bonds is 5. The number of carbonyl (C=O) groups is 3. The third-order valence-corrected chi connectivity index (χ3v) is 6.11. The van der Waals surface area contributed by atoms with Crippen LogP contribution in [-0.4, -0.2) is 79.1 Å². The fraction of sp³-hybridized carbons (Fsp3) is 0.625. The zero-order valence-electron chi connectivity index (χ0n) is 19.9. The number of nitrogens with one attached hydrogen (secondary N) is 1. The second-order valence-corrected chi connectivity index (χ2v) is 9.72. The van der Waals surface area contributed by atoms with Crippen molar-refractivity contribution in [2.45, 2.75) is 46.6 Å². The highest BCUT2D eigenvalue weighted by atomic mass is 16.6. The van der Waals surface area contributed by atoms with E-state index < -0.39 is 5.60 Å². The second-order valence-electron chi connectivity index (χ2n) is 9.72. The van der Waals surface area contributed by atoms with Gasteiger partial charge in [-0.3, -0.25) is 14.5 Å². The van der Waals surface area contributed by atoms with Crippen molar-refractivity contribution in [1.29, 1.82) is 0 Å². The first-order valence-corrected chi connectivity index (χ1v) is 11.4. The van der Waals surface area contributed by atoms with Crippen LogP contribution >= 0.6 is 0 Å². The van der Waals surface area contributed by atoms with Gasteiger partial charge in [0.15, 0.2) is 0 Å². The van der Waals surface area contributed by atoms with Crippen LogP contribution in [0.25, 0.3) is 0 Å². The molecule has 3 amide bonds. The van der Waals surface area contributed by atoms with E-state index in [-0.39, 0.29) is 30.2 Å². The van der Waals surface area contributed by atoms with E-state index >= 15 is 0 Å². The molecule has 32 heavy (non-hydrogen) atoms. The van der Waals surface area contributed by atoms with Gasteiger partial charge in [0.2, 0.25) is 11.8 Å². The maximum Gasteiger partial charge on any atom is 0.410 e. The summed E-state index contributed by atoms with van der Waals surface area (Å²) in [6, 6.07) is 5.91. The number of carbonyl (C=O) groups excluding carboxylic acids is 3. The fourth-order valence-corrected chi connectivity index (χ4v) is 4.11. The van der Waals surface area contributed by atoms with E-state index in [0.29, 0.717) is 26.2 Å². The van der Waals surface area contributed by atoms with Crippen molar-refractivity contribution in [2.75, 3.05) is 50.7 Å². The molecule has 0 aromatic heterocycles. The summed E-state index contributed by atoms with van der Waals surface area (Å²) >= 11 is 0. The van der Waals surface area contributed by atoms with Crippen LogP contribution in [0.3, 0.4) is 0 Å². The Morgan fingerprint density at radius 1 is 1.12 bits per heavy atom. The van der Waals surface area contributed by atoms with Gasteiger partial charge in [0, 0.05) is 57.9 Å². The molecule has 0 bridgehead atoms. The summed E-state index contributed by atoms with van der Waals surface area (Å²) in [4.78, 5) is 43.1. The largest absolute Gasteiger partial charge is 0.444 e. The van der Waals surface area contributed by atoms with Crippen molar-refractivity contribution < 1.29 is 19.1 Å². The Morgan fingerprint density at radius 3 is 2.47 bits per heavy atom. The molecule has 2 heterocycles. The molecule has 8 nitrogen and oxygen atoms in total. The molecule has 1 aromatic carbocycles. The second kappa shape index (κ2) is 9.90. The summed E-state index contributed by atoms with van der Waals surface area (Å²) in [5.74, 6) is -0.401. The van der Waals surface area contributed by atoms with Gasteiger partial charge in [0.1, 0.15) is 5.60 Å². The van der Waals surface area contributed by atoms with Crippen molar-refractivity contribution in [2.24, 2.45) is 5.92 Å². The molecule has 2 fully saturated rings. The van der Waals surface area contributed by atoms with Gasteiger partial charge >= 0.3 is 6.09 Å². The lowest BCUT2D eigenvalue weighted by atomic mass is 10.1. The number of benzene rings is 1. The highest BCUT2D eigenvalue weighted by Crippen LogP contribution is 2.29. The van der Waals surface area contributed by atoms with Crippen LogP contribution in [-0.2, 0) is 14.3 Å². The highest BCUT2D eigenvalue weighted by Gasteiger charge is 2.35. The predicted octanol–water partition coefficient (Wildman–Crippen LogP) is 2.33. The van der Waals surface area contributed by atoms with Crippen molar-refractivity contribution in [3.05, 3.63) is 29.3 Å². The molecule has 0 radical (unpaired) electrons. The quantitative estimate of drug-likeness (QED) is 0.754. The topological polar surface area (TPSA) is 82.2 Å². The minimum Gasteiger partial charge on any atom is -0.444 e. The Balaban J connectivity index is 1.41. The number of aryl methyl sites for hydroxylation is 1. The molecule has 0 aliphatic carbocycles. The van der Waals surface area contributed by atoms with Gasteiger partial charge in [-0.25, -0.2) is 4.79 Å². The molecule has 1 atom stereocenters. The lowest BCUT2D eigenvalue weighted by Gasteiger charge is -2.35. The molecule has 3 rings (SSSR count). The number of hydrogen-bond donors (Lipinski definition) is 1. The third kappa shape index (κ3) is 6.00. The van der Waals surface area contributed by atoms with E-state index in [0.717, 1.165) is 36.4 Å². The normalized spacial score (nSPS) is 19.9. The fourth-order valence-electron chi connectivity index (χ4n) is 4.11. The van der Waals surface area contributed by atoms with Crippen LogP contribution in [0.15, 0.2) is 18.2 Å². The Bertz CT molecular complexity index is 856. The molecule has 0 saturated carbocycles. The monoisotopic (exact) mass is 444 g/mol. The molecule has 1 unspecified atom stereocenters. The summed E-state index contributed by atoms with van der Waals surface area (Å²) in [5, 5.41) is 2.99. The van der Waals surface area contributed by atoms with Crippen LogP contribution in [0.1, 0.15) is 38.3 Å². The Labute approximate surface area is 190 Å². The van der Waals surface area contributed by atoms with Crippen LogP contribution < -0.4 is 10.2 Å². The molecular weight excluding hydrogens is 408 g/mol. The summed E-state index contributed by atoms with van der Waals surface area (Å²) in [7, 11) is 0. The number of piperazine rings is 1. The Morgan fingerprint density at radius 2 is 1.81 bits per heavy atom. The minimum atomic E-state index is -0.492. The maximum absolute atomic E-state index is 12.7. The molecule has 2 aliphatic rings. The van der Waals surface area contributed by atoms with Crippen molar-refractivity contribution >= 4 is 23.6 Å². The van der Waals surface area contributed by atoms with Crippen molar-refractivity contribution in [3.8, 4) is 0 Å². The molecule has 0 spiro atoms. The minimum absolute atomic E-state index is 0.00267. The zero-order chi connectivity index (χ0) is 23.5. The first-order chi connectivity index (χ1) is 15.0.